The summed E-state index contributed by atoms with van der Waals surface area (Å²) < 4.78 is 36.3. The lowest BCUT2D eigenvalue weighted by Crippen LogP contribution is -2.32. The van der Waals surface area contributed by atoms with Gasteiger partial charge in [0.1, 0.15) is 0 Å². The summed E-state index contributed by atoms with van der Waals surface area (Å²) in [6.07, 6.45) is -4.24. The first-order chi connectivity index (χ1) is 7.70. The molecule has 2 N–H and O–H groups in total. The van der Waals surface area contributed by atoms with Crippen LogP contribution in [0.15, 0.2) is 17.0 Å². The highest BCUT2D eigenvalue weighted by Crippen LogP contribution is 2.29. The smallest absolute Gasteiger partial charge is 0.423 e. The maximum absolute atomic E-state index is 12.1. The fourth-order valence-corrected chi connectivity index (χ4v) is 2.26. The van der Waals surface area contributed by atoms with Crippen molar-refractivity contribution in [2.45, 2.75) is 24.9 Å². The molecule has 94 valence electrons. The lowest BCUT2D eigenvalue weighted by atomic mass is 9.77. The summed E-state index contributed by atoms with van der Waals surface area (Å²) in [7, 11) is -1.67. The van der Waals surface area contributed by atoms with Gasteiger partial charge < -0.3 is 10.0 Å². The Morgan fingerprint density at radius 2 is 1.76 bits per heavy atom. The number of halogens is 3. The van der Waals surface area contributed by atoms with Crippen LogP contribution in [-0.4, -0.2) is 29.1 Å². The highest BCUT2D eigenvalue weighted by atomic mass is 32.2. The zero-order valence-electron chi connectivity index (χ0n) is 9.38. The maximum atomic E-state index is 12.1. The second kappa shape index (κ2) is 5.33. The molecule has 0 spiro atoms. The van der Waals surface area contributed by atoms with E-state index in [1.807, 2.05) is 0 Å². The minimum absolute atomic E-state index is 0.236. The van der Waals surface area contributed by atoms with Crippen molar-refractivity contribution in [3.63, 3.8) is 0 Å². The van der Waals surface area contributed by atoms with Gasteiger partial charge in [0.25, 0.3) is 0 Å². The Bertz CT molecular complexity index is 407. The van der Waals surface area contributed by atoms with Crippen LogP contribution in [0.3, 0.4) is 0 Å². The molecule has 0 aliphatic rings. The van der Waals surface area contributed by atoms with Gasteiger partial charge in [0, 0.05) is 4.90 Å². The largest absolute Gasteiger partial charge is 0.488 e. The monoisotopic (exact) mass is 264 g/mol. The molecule has 1 rings (SSSR count). The lowest BCUT2D eigenvalue weighted by molar-refractivity contribution is -0.105. The van der Waals surface area contributed by atoms with Gasteiger partial charge in [0.2, 0.25) is 0 Å². The average Bonchev–Trinajstić information content (AvgIpc) is 2.14. The van der Waals surface area contributed by atoms with Crippen molar-refractivity contribution in [2.75, 3.05) is 5.75 Å². The number of rotatable bonds is 3. The molecule has 0 fully saturated rings. The Balaban J connectivity index is 2.96. The first-order valence-corrected chi connectivity index (χ1v) is 5.86. The summed E-state index contributed by atoms with van der Waals surface area (Å²) in [6.45, 7) is 3.37. The summed E-state index contributed by atoms with van der Waals surface area (Å²) >= 11 is 0.647. The zero-order valence-corrected chi connectivity index (χ0v) is 10.2. The summed E-state index contributed by atoms with van der Waals surface area (Å²) in [6, 6.07) is 3.04. The third kappa shape index (κ3) is 4.25. The van der Waals surface area contributed by atoms with Crippen molar-refractivity contribution in [1.82, 2.24) is 0 Å². The van der Waals surface area contributed by atoms with Gasteiger partial charge in [-0.2, -0.15) is 13.2 Å². The van der Waals surface area contributed by atoms with Crippen LogP contribution in [0.4, 0.5) is 13.2 Å². The molecule has 0 amide bonds. The SMILES string of the molecule is Cc1cc(C)c(B(O)O)cc1SCC(F)(F)F. The molecule has 1 aromatic rings. The van der Waals surface area contributed by atoms with Crippen LogP contribution in [0.5, 0.6) is 0 Å². The first kappa shape index (κ1) is 14.4. The van der Waals surface area contributed by atoms with Crippen molar-refractivity contribution in [3.8, 4) is 0 Å². The summed E-state index contributed by atoms with van der Waals surface area (Å²) in [4.78, 5) is 0.413. The molecule has 0 atom stereocenters. The molecule has 17 heavy (non-hydrogen) atoms. The van der Waals surface area contributed by atoms with E-state index >= 15 is 0 Å². The Labute approximate surface area is 102 Å². The van der Waals surface area contributed by atoms with Gasteiger partial charge in [-0.05, 0) is 30.9 Å². The fraction of sp³-hybridized carbons (Fsp3) is 0.400. The van der Waals surface area contributed by atoms with E-state index in [1.54, 1.807) is 19.9 Å². The third-order valence-corrected chi connectivity index (χ3v) is 3.46. The highest BCUT2D eigenvalue weighted by Gasteiger charge is 2.28. The molecular weight excluding hydrogens is 252 g/mol. The van der Waals surface area contributed by atoms with Crippen molar-refractivity contribution in [3.05, 3.63) is 23.3 Å². The maximum Gasteiger partial charge on any atom is 0.488 e. The van der Waals surface area contributed by atoms with Crippen molar-refractivity contribution >= 4 is 24.3 Å². The van der Waals surface area contributed by atoms with E-state index in [9.17, 15) is 13.2 Å². The molecule has 0 aromatic heterocycles. The molecule has 0 aliphatic heterocycles. The van der Waals surface area contributed by atoms with Gasteiger partial charge >= 0.3 is 13.3 Å². The average molecular weight is 264 g/mol. The van der Waals surface area contributed by atoms with Crippen molar-refractivity contribution < 1.29 is 23.2 Å². The number of aryl methyl sites for hydroxylation is 2. The van der Waals surface area contributed by atoms with E-state index in [4.69, 9.17) is 10.0 Å². The van der Waals surface area contributed by atoms with Crippen LogP contribution in [0.1, 0.15) is 11.1 Å². The van der Waals surface area contributed by atoms with E-state index in [-0.39, 0.29) is 5.46 Å². The Kier molecular flexibility index (Phi) is 4.51. The van der Waals surface area contributed by atoms with Gasteiger partial charge in [-0.25, -0.2) is 0 Å². The van der Waals surface area contributed by atoms with Crippen LogP contribution >= 0.6 is 11.8 Å². The van der Waals surface area contributed by atoms with Crippen LogP contribution in [-0.2, 0) is 0 Å². The van der Waals surface area contributed by atoms with E-state index in [0.29, 0.717) is 27.8 Å². The topological polar surface area (TPSA) is 40.5 Å². The van der Waals surface area contributed by atoms with E-state index < -0.39 is 19.0 Å². The predicted octanol–water partition coefficient (Wildman–Crippen LogP) is 1.64. The van der Waals surface area contributed by atoms with Crippen LogP contribution in [0.25, 0.3) is 0 Å². The Morgan fingerprint density at radius 1 is 1.18 bits per heavy atom. The normalized spacial score (nSPS) is 11.7. The number of benzene rings is 1. The minimum Gasteiger partial charge on any atom is -0.423 e. The summed E-state index contributed by atoms with van der Waals surface area (Å²) in [5, 5.41) is 18.1. The van der Waals surface area contributed by atoms with Crippen LogP contribution in [0.2, 0.25) is 0 Å². The molecule has 0 aliphatic carbocycles. The van der Waals surface area contributed by atoms with Gasteiger partial charge in [0.05, 0.1) is 5.75 Å². The Morgan fingerprint density at radius 3 is 2.24 bits per heavy atom. The highest BCUT2D eigenvalue weighted by molar-refractivity contribution is 7.99. The van der Waals surface area contributed by atoms with Crippen molar-refractivity contribution in [2.24, 2.45) is 0 Å². The predicted molar refractivity (Wildman–Crippen MR) is 62.5 cm³/mol. The molecule has 2 nitrogen and oxygen atoms in total. The van der Waals surface area contributed by atoms with E-state index in [1.165, 1.54) is 6.07 Å². The Hall–Kier alpha value is -0.655. The molecule has 0 unspecified atom stereocenters. The second-order valence-electron chi connectivity index (χ2n) is 3.75. The van der Waals surface area contributed by atoms with Gasteiger partial charge in [0.15, 0.2) is 0 Å². The number of hydrogen-bond donors (Lipinski definition) is 2. The van der Waals surface area contributed by atoms with E-state index in [2.05, 4.69) is 0 Å². The summed E-state index contributed by atoms with van der Waals surface area (Å²) in [5.74, 6) is -0.988. The van der Waals surface area contributed by atoms with Gasteiger partial charge in [-0.15, -0.1) is 11.8 Å². The molecule has 0 saturated heterocycles. The van der Waals surface area contributed by atoms with E-state index in [0.717, 1.165) is 0 Å². The molecule has 0 saturated carbocycles. The zero-order chi connectivity index (χ0) is 13.2. The molecule has 1 aromatic carbocycles. The molecule has 0 radical (unpaired) electrons. The second-order valence-corrected chi connectivity index (χ2v) is 4.77. The first-order valence-electron chi connectivity index (χ1n) is 4.87. The standard InChI is InChI=1S/C10H12BF3O2S/c1-6-3-7(2)9(4-8(6)11(15)16)17-5-10(12,13)14/h3-4,15-16H,5H2,1-2H3. The number of alkyl halides is 3. The van der Waals surface area contributed by atoms with Gasteiger partial charge in [-0.1, -0.05) is 11.6 Å². The van der Waals surface area contributed by atoms with Crippen LogP contribution in [0, 0.1) is 13.8 Å². The third-order valence-electron chi connectivity index (χ3n) is 2.23. The number of thioether (sulfide) groups is 1. The van der Waals surface area contributed by atoms with Gasteiger partial charge in [-0.3, -0.25) is 0 Å². The van der Waals surface area contributed by atoms with Crippen LogP contribution < -0.4 is 5.46 Å². The van der Waals surface area contributed by atoms with Crippen molar-refractivity contribution in [1.29, 1.82) is 0 Å². The molecular formula is C10H12BF3O2S. The quantitative estimate of drug-likeness (QED) is 0.644. The fourth-order valence-electron chi connectivity index (χ4n) is 1.44. The molecule has 7 heteroatoms. The molecule has 0 heterocycles. The molecule has 0 bridgehead atoms. The summed E-state index contributed by atoms with van der Waals surface area (Å²) in [5.41, 5.74) is 1.58. The number of hydrogen-bond acceptors (Lipinski definition) is 3. The lowest BCUT2D eigenvalue weighted by Gasteiger charge is -2.12. The minimum atomic E-state index is -4.24.